The normalized spacial score (nSPS) is 17.1. The van der Waals surface area contributed by atoms with Crippen LogP contribution in [0.2, 0.25) is 4.34 Å². The van der Waals surface area contributed by atoms with E-state index in [-0.39, 0.29) is 26.4 Å². The van der Waals surface area contributed by atoms with Crippen molar-refractivity contribution in [3.63, 3.8) is 0 Å². The zero-order valence-electron chi connectivity index (χ0n) is 19.1. The summed E-state index contributed by atoms with van der Waals surface area (Å²) in [5, 5.41) is 10.6. The Labute approximate surface area is 223 Å². The van der Waals surface area contributed by atoms with E-state index in [1.165, 1.54) is 23.6 Å². The Morgan fingerprint density at radius 1 is 1.22 bits per heavy atom. The molecule has 4 aromatic rings. The number of halogens is 4. The van der Waals surface area contributed by atoms with E-state index in [0.29, 0.717) is 34.9 Å². The summed E-state index contributed by atoms with van der Waals surface area (Å²) in [6.45, 7) is 0.690. The first kappa shape index (κ1) is 26.3. The lowest BCUT2D eigenvalue weighted by molar-refractivity contribution is -0.258. The molecule has 0 radical (unpaired) electrons. The van der Waals surface area contributed by atoms with E-state index in [9.17, 15) is 26.7 Å². The predicted molar refractivity (Wildman–Crippen MR) is 139 cm³/mol. The van der Waals surface area contributed by atoms with Gasteiger partial charge in [-0.15, -0.1) is 11.3 Å². The summed E-state index contributed by atoms with van der Waals surface area (Å²) in [5.41, 5.74) is 3.45. The summed E-state index contributed by atoms with van der Waals surface area (Å²) >= 11 is 8.63. The van der Waals surface area contributed by atoms with Gasteiger partial charge in [-0.25, -0.2) is 18.1 Å². The van der Waals surface area contributed by atoms with Crippen molar-refractivity contribution in [1.82, 2.24) is 14.7 Å². The number of alkyl halides is 3. The predicted octanol–water partition coefficient (Wildman–Crippen LogP) is 5.60. The molecule has 2 atom stereocenters. The van der Waals surface area contributed by atoms with E-state index < -0.39 is 33.1 Å². The highest BCUT2D eigenvalue weighted by Gasteiger charge is 2.51. The molecule has 4 N–H and O–H groups in total. The molecule has 0 saturated heterocycles. The van der Waals surface area contributed by atoms with Crippen molar-refractivity contribution in [3.05, 3.63) is 63.1 Å². The molecule has 1 aromatic carbocycles. The standard InChI is InChI=1S/C23H20ClF3N4O3S3/c1-22(32,23(25,26)27)12-7-8-29-15(10-12)14-4-2-3-11-9-16(35-19(11)14)17(18-20(24)36-21(28)30-18)31-37(33,34)13-5-6-13/h2-4,7-10,13,17,31-32H,5-6H2,1H3,(H2,28,30)/t17-,22?/m0/s1. The van der Waals surface area contributed by atoms with Gasteiger partial charge in [-0.1, -0.05) is 41.1 Å². The van der Waals surface area contributed by atoms with Gasteiger partial charge in [0.05, 0.1) is 16.6 Å². The Kier molecular flexibility index (Phi) is 6.52. The first-order valence-corrected chi connectivity index (χ1v) is 14.5. The van der Waals surface area contributed by atoms with Gasteiger partial charge in [0.25, 0.3) is 0 Å². The number of rotatable bonds is 7. The number of thiazole rings is 1. The van der Waals surface area contributed by atoms with Crippen molar-refractivity contribution < 1.29 is 26.7 Å². The number of aliphatic hydroxyl groups is 1. The fourth-order valence-corrected chi connectivity index (χ4v) is 7.68. The molecule has 0 spiro atoms. The lowest BCUT2D eigenvalue weighted by Gasteiger charge is -2.26. The number of aromatic nitrogens is 2. The summed E-state index contributed by atoms with van der Waals surface area (Å²) in [6.07, 6.45) is -2.54. The van der Waals surface area contributed by atoms with E-state index in [2.05, 4.69) is 14.7 Å². The number of hydrogen-bond acceptors (Lipinski definition) is 8. The maximum Gasteiger partial charge on any atom is 0.421 e. The number of thiophene rings is 1. The topological polar surface area (TPSA) is 118 Å². The quantitative estimate of drug-likeness (QED) is 0.259. The summed E-state index contributed by atoms with van der Waals surface area (Å²) in [6, 6.07) is 8.43. The summed E-state index contributed by atoms with van der Waals surface area (Å²) in [4.78, 5) is 9.09. The van der Waals surface area contributed by atoms with Crippen LogP contribution >= 0.6 is 34.3 Å². The lowest BCUT2D eigenvalue weighted by Crippen LogP contribution is -2.39. The summed E-state index contributed by atoms with van der Waals surface area (Å²) in [5.74, 6) is 0. The monoisotopic (exact) mass is 588 g/mol. The van der Waals surface area contributed by atoms with E-state index >= 15 is 0 Å². The number of fused-ring (bicyclic) bond motifs is 1. The van der Waals surface area contributed by atoms with Crippen molar-refractivity contribution in [2.75, 3.05) is 5.73 Å². The molecule has 5 rings (SSSR count). The molecule has 0 aliphatic heterocycles. The SMILES string of the molecule is CC(O)(c1ccnc(-c2cccc3cc([C@H](NS(=O)(=O)C4CC4)c4nc(N)sc4Cl)sc23)c1)C(F)(F)F. The van der Waals surface area contributed by atoms with E-state index in [4.69, 9.17) is 17.3 Å². The average molecular weight is 589 g/mol. The number of nitrogens with zero attached hydrogens (tertiary/aromatic N) is 2. The number of pyridine rings is 1. The average Bonchev–Trinajstić information content (AvgIpc) is 3.52. The molecule has 1 fully saturated rings. The molecule has 3 heterocycles. The minimum Gasteiger partial charge on any atom is -0.376 e. The number of nitrogens with two attached hydrogens (primary N) is 1. The van der Waals surface area contributed by atoms with Crippen LogP contribution in [-0.4, -0.2) is 34.9 Å². The Balaban J connectivity index is 1.62. The Bertz CT molecular complexity index is 1600. The third-order valence-electron chi connectivity index (χ3n) is 6.14. The Morgan fingerprint density at radius 3 is 2.57 bits per heavy atom. The minimum absolute atomic E-state index is 0.190. The Hall–Kier alpha value is -2.29. The molecule has 1 aliphatic rings. The summed E-state index contributed by atoms with van der Waals surface area (Å²) < 4.78 is 69.7. The van der Waals surface area contributed by atoms with Crippen LogP contribution in [0.15, 0.2) is 42.6 Å². The van der Waals surface area contributed by atoms with Gasteiger partial charge in [-0.2, -0.15) is 13.2 Å². The fourth-order valence-electron chi connectivity index (χ4n) is 3.87. The van der Waals surface area contributed by atoms with Gasteiger partial charge in [0.15, 0.2) is 10.7 Å². The number of anilines is 1. The van der Waals surface area contributed by atoms with E-state index in [1.54, 1.807) is 24.3 Å². The molecule has 37 heavy (non-hydrogen) atoms. The number of hydrogen-bond donors (Lipinski definition) is 3. The van der Waals surface area contributed by atoms with Crippen LogP contribution in [0, 0.1) is 0 Å². The van der Waals surface area contributed by atoms with E-state index in [0.717, 1.165) is 22.8 Å². The Morgan fingerprint density at radius 2 is 1.95 bits per heavy atom. The second-order valence-electron chi connectivity index (χ2n) is 8.88. The van der Waals surface area contributed by atoms with Gasteiger partial charge >= 0.3 is 6.18 Å². The molecule has 1 saturated carbocycles. The molecule has 1 unspecified atom stereocenters. The number of nitrogen functional groups attached to an aromatic ring is 1. The first-order valence-electron chi connectivity index (χ1n) is 11.0. The van der Waals surface area contributed by atoms with E-state index in [1.807, 2.05) is 0 Å². The zero-order valence-corrected chi connectivity index (χ0v) is 22.3. The molecule has 3 aromatic heterocycles. The maximum absolute atomic E-state index is 13.4. The third-order valence-corrected chi connectivity index (χ3v) is 10.4. The zero-order chi connectivity index (χ0) is 26.8. The van der Waals surface area contributed by atoms with Crippen LogP contribution in [0.5, 0.6) is 0 Å². The molecule has 7 nitrogen and oxygen atoms in total. The smallest absolute Gasteiger partial charge is 0.376 e. The van der Waals surface area contributed by atoms with Crippen molar-refractivity contribution >= 4 is 59.5 Å². The third kappa shape index (κ3) is 4.95. The van der Waals surface area contributed by atoms with Crippen molar-refractivity contribution in [2.45, 2.75) is 42.8 Å². The van der Waals surface area contributed by atoms with Gasteiger partial charge in [0, 0.05) is 21.3 Å². The highest BCUT2D eigenvalue weighted by molar-refractivity contribution is 7.90. The second-order valence-corrected chi connectivity index (χ2v) is 13.6. The second kappa shape index (κ2) is 9.17. The number of nitrogens with one attached hydrogen (secondary N) is 1. The van der Waals surface area contributed by atoms with Crippen LogP contribution in [-0.2, 0) is 15.6 Å². The van der Waals surface area contributed by atoms with Crippen LogP contribution < -0.4 is 10.5 Å². The van der Waals surface area contributed by atoms with Crippen LogP contribution in [0.4, 0.5) is 18.3 Å². The minimum atomic E-state index is -4.88. The van der Waals surface area contributed by atoms with Crippen LogP contribution in [0.3, 0.4) is 0 Å². The van der Waals surface area contributed by atoms with Gasteiger partial charge in [-0.05, 0) is 48.9 Å². The van der Waals surface area contributed by atoms with Crippen molar-refractivity contribution in [2.24, 2.45) is 0 Å². The number of sulfonamides is 1. The molecular weight excluding hydrogens is 569 g/mol. The molecule has 1 aliphatic carbocycles. The molecular formula is C23H20ClF3N4O3S3. The highest BCUT2D eigenvalue weighted by Crippen LogP contribution is 2.43. The summed E-state index contributed by atoms with van der Waals surface area (Å²) in [7, 11) is -3.65. The van der Waals surface area contributed by atoms with Crippen LogP contribution in [0.25, 0.3) is 21.3 Å². The largest absolute Gasteiger partial charge is 0.421 e. The maximum atomic E-state index is 13.4. The van der Waals surface area contributed by atoms with Crippen molar-refractivity contribution in [3.8, 4) is 11.3 Å². The molecule has 0 bridgehead atoms. The highest BCUT2D eigenvalue weighted by atomic mass is 35.5. The van der Waals surface area contributed by atoms with Gasteiger partial charge in [-0.3, -0.25) is 4.98 Å². The molecule has 0 amide bonds. The molecule has 14 heteroatoms. The van der Waals surface area contributed by atoms with Gasteiger partial charge in [0.2, 0.25) is 10.0 Å². The van der Waals surface area contributed by atoms with Crippen molar-refractivity contribution in [1.29, 1.82) is 0 Å². The fraction of sp³-hybridized carbons (Fsp3) is 0.304. The van der Waals surface area contributed by atoms with Gasteiger partial charge in [0.1, 0.15) is 10.4 Å². The van der Waals surface area contributed by atoms with Gasteiger partial charge < -0.3 is 10.8 Å². The first-order chi connectivity index (χ1) is 17.3. The number of benzene rings is 1. The van der Waals surface area contributed by atoms with Crippen LogP contribution in [0.1, 0.15) is 41.9 Å². The lowest BCUT2D eigenvalue weighted by atomic mass is 9.94. The molecule has 196 valence electrons.